The van der Waals surface area contributed by atoms with E-state index >= 15 is 0 Å². The number of amides is 1. The SMILES string of the molecule is CN(C(=O)C1CC(C(=O)O)=NO1)C1CCC(C)(C)CC1. The number of carboxylic acid groups (broad SMARTS) is 1. The summed E-state index contributed by atoms with van der Waals surface area (Å²) in [6.45, 7) is 4.50. The van der Waals surface area contributed by atoms with Gasteiger partial charge >= 0.3 is 5.97 Å². The standard InChI is InChI=1S/C14H22N2O4/c1-14(2)6-4-9(5-7-14)16(3)12(17)11-8-10(13(18)19)15-20-11/h9,11H,4-8H2,1-3H3,(H,18,19). The van der Waals surface area contributed by atoms with Crippen molar-refractivity contribution >= 4 is 17.6 Å². The second kappa shape index (κ2) is 5.42. The van der Waals surface area contributed by atoms with Crippen molar-refractivity contribution < 1.29 is 19.5 Å². The normalized spacial score (nSPS) is 25.8. The van der Waals surface area contributed by atoms with Crippen molar-refractivity contribution in [3.63, 3.8) is 0 Å². The lowest BCUT2D eigenvalue weighted by molar-refractivity contribution is -0.143. The van der Waals surface area contributed by atoms with Crippen LogP contribution < -0.4 is 0 Å². The highest BCUT2D eigenvalue weighted by Crippen LogP contribution is 2.36. The van der Waals surface area contributed by atoms with E-state index < -0.39 is 12.1 Å². The molecule has 6 heteroatoms. The van der Waals surface area contributed by atoms with Crippen LogP contribution in [-0.2, 0) is 14.4 Å². The Bertz CT molecular complexity index is 434. The summed E-state index contributed by atoms with van der Waals surface area (Å²) >= 11 is 0. The average molecular weight is 282 g/mol. The molecule has 1 amide bonds. The summed E-state index contributed by atoms with van der Waals surface area (Å²) in [5, 5.41) is 12.3. The minimum absolute atomic E-state index is 0.0523. The second-order valence-electron chi connectivity index (χ2n) is 6.49. The van der Waals surface area contributed by atoms with E-state index in [2.05, 4.69) is 19.0 Å². The maximum absolute atomic E-state index is 12.3. The Hall–Kier alpha value is -1.59. The van der Waals surface area contributed by atoms with Gasteiger partial charge in [0.25, 0.3) is 5.91 Å². The molecule has 1 N–H and O–H groups in total. The van der Waals surface area contributed by atoms with Crippen LogP contribution >= 0.6 is 0 Å². The molecule has 0 bridgehead atoms. The molecule has 0 aromatic rings. The van der Waals surface area contributed by atoms with Crippen LogP contribution in [-0.4, -0.2) is 46.8 Å². The molecule has 112 valence electrons. The Morgan fingerprint density at radius 2 is 1.95 bits per heavy atom. The number of carbonyl (C=O) groups is 2. The number of hydrogen-bond donors (Lipinski definition) is 1. The van der Waals surface area contributed by atoms with Crippen molar-refractivity contribution in [2.24, 2.45) is 10.6 Å². The molecule has 1 fully saturated rings. The first-order valence-corrected chi connectivity index (χ1v) is 7.03. The van der Waals surface area contributed by atoms with Gasteiger partial charge < -0.3 is 14.8 Å². The lowest BCUT2D eigenvalue weighted by Gasteiger charge is -2.39. The Labute approximate surface area is 118 Å². The summed E-state index contributed by atoms with van der Waals surface area (Å²) in [6, 6.07) is 0.216. The molecule has 1 heterocycles. The van der Waals surface area contributed by atoms with E-state index in [0.29, 0.717) is 5.41 Å². The fourth-order valence-corrected chi connectivity index (χ4v) is 2.81. The van der Waals surface area contributed by atoms with Crippen molar-refractivity contribution in [1.29, 1.82) is 0 Å². The third-order valence-corrected chi connectivity index (χ3v) is 4.40. The third-order valence-electron chi connectivity index (χ3n) is 4.40. The minimum Gasteiger partial charge on any atom is -0.477 e. The van der Waals surface area contributed by atoms with Crippen LogP contribution in [0.1, 0.15) is 46.0 Å². The van der Waals surface area contributed by atoms with E-state index in [1.807, 2.05) is 0 Å². The van der Waals surface area contributed by atoms with Crippen LogP contribution in [0.15, 0.2) is 5.16 Å². The zero-order valence-electron chi connectivity index (χ0n) is 12.3. The Morgan fingerprint density at radius 3 is 2.45 bits per heavy atom. The van der Waals surface area contributed by atoms with E-state index in [0.717, 1.165) is 25.7 Å². The molecule has 1 saturated carbocycles. The van der Waals surface area contributed by atoms with Gasteiger partial charge in [0.2, 0.25) is 6.10 Å². The number of oxime groups is 1. The predicted molar refractivity (Wildman–Crippen MR) is 73.4 cm³/mol. The lowest BCUT2D eigenvalue weighted by atomic mass is 9.75. The van der Waals surface area contributed by atoms with Crippen molar-refractivity contribution in [3.05, 3.63) is 0 Å². The quantitative estimate of drug-likeness (QED) is 0.853. The van der Waals surface area contributed by atoms with Crippen LogP contribution in [0.2, 0.25) is 0 Å². The van der Waals surface area contributed by atoms with E-state index in [1.54, 1.807) is 11.9 Å². The maximum Gasteiger partial charge on any atom is 0.353 e. The molecule has 0 radical (unpaired) electrons. The molecule has 1 atom stereocenters. The summed E-state index contributed by atoms with van der Waals surface area (Å²) < 4.78 is 0. The summed E-state index contributed by atoms with van der Waals surface area (Å²) in [4.78, 5) is 29.8. The molecule has 1 aliphatic carbocycles. The zero-order valence-corrected chi connectivity index (χ0v) is 12.3. The van der Waals surface area contributed by atoms with Gasteiger partial charge in [-0.1, -0.05) is 19.0 Å². The molecule has 2 rings (SSSR count). The number of rotatable bonds is 3. The van der Waals surface area contributed by atoms with Crippen LogP contribution in [0.4, 0.5) is 0 Å². The Morgan fingerprint density at radius 1 is 1.35 bits per heavy atom. The topological polar surface area (TPSA) is 79.2 Å². The van der Waals surface area contributed by atoms with Crippen molar-refractivity contribution in [1.82, 2.24) is 4.90 Å². The van der Waals surface area contributed by atoms with Gasteiger partial charge in [-0.15, -0.1) is 0 Å². The van der Waals surface area contributed by atoms with Gasteiger partial charge in [-0.2, -0.15) is 0 Å². The van der Waals surface area contributed by atoms with Crippen LogP contribution in [0.5, 0.6) is 0 Å². The van der Waals surface area contributed by atoms with Gasteiger partial charge in [0.05, 0.1) is 0 Å². The first-order chi connectivity index (χ1) is 9.30. The van der Waals surface area contributed by atoms with Crippen molar-refractivity contribution in [2.75, 3.05) is 7.05 Å². The third kappa shape index (κ3) is 3.11. The summed E-state index contributed by atoms with van der Waals surface area (Å²) in [6.07, 6.45) is 3.43. The van der Waals surface area contributed by atoms with E-state index in [9.17, 15) is 9.59 Å². The smallest absolute Gasteiger partial charge is 0.353 e. The fraction of sp³-hybridized carbons (Fsp3) is 0.786. The summed E-state index contributed by atoms with van der Waals surface area (Å²) in [5.41, 5.74) is 0.269. The van der Waals surface area contributed by atoms with Gasteiger partial charge in [0, 0.05) is 19.5 Å². The average Bonchev–Trinajstić information content (AvgIpc) is 2.86. The molecule has 20 heavy (non-hydrogen) atoms. The summed E-state index contributed by atoms with van der Waals surface area (Å²) in [5.74, 6) is -1.29. The van der Waals surface area contributed by atoms with Crippen LogP contribution in [0.3, 0.4) is 0 Å². The number of carbonyl (C=O) groups excluding carboxylic acids is 1. The summed E-state index contributed by atoms with van der Waals surface area (Å²) in [7, 11) is 1.77. The largest absolute Gasteiger partial charge is 0.477 e. The minimum atomic E-state index is -1.12. The molecule has 6 nitrogen and oxygen atoms in total. The molecule has 1 unspecified atom stereocenters. The van der Waals surface area contributed by atoms with Gasteiger partial charge in [-0.3, -0.25) is 4.79 Å². The van der Waals surface area contributed by atoms with Crippen molar-refractivity contribution in [3.8, 4) is 0 Å². The maximum atomic E-state index is 12.3. The Kier molecular flexibility index (Phi) is 4.01. The molecular formula is C14H22N2O4. The molecule has 0 aromatic carbocycles. The second-order valence-corrected chi connectivity index (χ2v) is 6.49. The highest BCUT2D eigenvalue weighted by Gasteiger charge is 2.37. The van der Waals surface area contributed by atoms with Crippen molar-refractivity contribution in [2.45, 2.75) is 58.1 Å². The number of aliphatic carboxylic acids is 1. The predicted octanol–water partition coefficient (Wildman–Crippen LogP) is 1.64. The highest BCUT2D eigenvalue weighted by molar-refractivity contribution is 6.36. The highest BCUT2D eigenvalue weighted by atomic mass is 16.6. The van der Waals surface area contributed by atoms with Gasteiger partial charge in [0.15, 0.2) is 5.71 Å². The number of hydrogen-bond acceptors (Lipinski definition) is 4. The van der Waals surface area contributed by atoms with E-state index in [1.165, 1.54) is 0 Å². The van der Waals surface area contributed by atoms with E-state index in [4.69, 9.17) is 9.94 Å². The molecule has 1 aliphatic heterocycles. The molecule has 2 aliphatic rings. The fourth-order valence-electron chi connectivity index (χ4n) is 2.81. The van der Waals surface area contributed by atoms with Gasteiger partial charge in [-0.25, -0.2) is 4.79 Å². The Balaban J connectivity index is 1.89. The molecule has 0 saturated heterocycles. The molecule has 0 aromatic heterocycles. The van der Waals surface area contributed by atoms with E-state index in [-0.39, 0.29) is 24.1 Å². The van der Waals surface area contributed by atoms with Crippen LogP contribution in [0.25, 0.3) is 0 Å². The first-order valence-electron chi connectivity index (χ1n) is 7.03. The zero-order chi connectivity index (χ0) is 14.9. The van der Waals surface area contributed by atoms with Gasteiger partial charge in [0.1, 0.15) is 0 Å². The molecular weight excluding hydrogens is 260 g/mol. The first kappa shape index (κ1) is 14.8. The number of likely N-dealkylation sites (N-methyl/N-ethyl adjacent to an activating group) is 1. The van der Waals surface area contributed by atoms with Crippen LogP contribution in [0, 0.1) is 5.41 Å². The lowest BCUT2D eigenvalue weighted by Crippen LogP contribution is -2.45. The number of nitrogens with zero attached hydrogens (tertiary/aromatic N) is 2. The van der Waals surface area contributed by atoms with Gasteiger partial charge in [-0.05, 0) is 31.1 Å². The monoisotopic (exact) mass is 282 g/mol. The number of carboxylic acids is 1. The molecule has 0 spiro atoms.